The van der Waals surface area contributed by atoms with Crippen LogP contribution in [0.15, 0.2) is 18.2 Å². The van der Waals surface area contributed by atoms with E-state index in [2.05, 4.69) is 0 Å². The second kappa shape index (κ2) is 7.53. The third kappa shape index (κ3) is 4.57. The number of amides is 1. The quantitative estimate of drug-likeness (QED) is 0.829. The van der Waals surface area contributed by atoms with Crippen molar-refractivity contribution in [2.24, 2.45) is 0 Å². The van der Waals surface area contributed by atoms with Gasteiger partial charge in [-0.2, -0.15) is 0 Å². The normalized spacial score (nSPS) is 10.2. The molecule has 1 N–H and O–H groups in total. The molecule has 0 atom stereocenters. The number of para-hydroxylation sites is 1. The second-order valence-corrected chi connectivity index (χ2v) is 4.62. The van der Waals surface area contributed by atoms with Crippen molar-refractivity contribution in [1.29, 1.82) is 0 Å². The molecule has 5 heteroatoms. The molecule has 0 heterocycles. The molecule has 1 amide bonds. The molecule has 0 saturated heterocycles. The number of carboxylic acid groups (broad SMARTS) is 1. The summed E-state index contributed by atoms with van der Waals surface area (Å²) in [6, 6.07) is 5.86. The molecular weight excluding hydrogens is 258 g/mol. The van der Waals surface area contributed by atoms with Crippen molar-refractivity contribution in [2.75, 3.05) is 19.7 Å². The summed E-state index contributed by atoms with van der Waals surface area (Å²) in [5, 5.41) is 8.71. The number of likely N-dealkylation sites (N-methyl/N-ethyl adjacent to an activating group) is 1. The van der Waals surface area contributed by atoms with E-state index in [9.17, 15) is 9.59 Å². The van der Waals surface area contributed by atoms with E-state index in [1.807, 2.05) is 32.0 Å². The Labute approximate surface area is 119 Å². The third-order valence-corrected chi connectivity index (χ3v) is 3.03. The fourth-order valence-electron chi connectivity index (χ4n) is 1.96. The van der Waals surface area contributed by atoms with Gasteiger partial charge in [-0.1, -0.05) is 18.2 Å². The van der Waals surface area contributed by atoms with E-state index >= 15 is 0 Å². The Morgan fingerprint density at radius 3 is 2.35 bits per heavy atom. The molecule has 0 aliphatic heterocycles. The van der Waals surface area contributed by atoms with Crippen LogP contribution in [0.25, 0.3) is 0 Å². The lowest BCUT2D eigenvalue weighted by Gasteiger charge is -2.19. The van der Waals surface area contributed by atoms with Gasteiger partial charge in [-0.05, 0) is 31.9 Å². The molecule has 20 heavy (non-hydrogen) atoms. The van der Waals surface area contributed by atoms with E-state index in [1.165, 1.54) is 4.90 Å². The summed E-state index contributed by atoms with van der Waals surface area (Å²) in [4.78, 5) is 23.8. The largest absolute Gasteiger partial charge is 0.493 e. The number of nitrogens with zero attached hydrogens (tertiary/aromatic N) is 1. The van der Waals surface area contributed by atoms with E-state index in [1.54, 1.807) is 6.92 Å². The van der Waals surface area contributed by atoms with Crippen molar-refractivity contribution < 1.29 is 19.4 Å². The van der Waals surface area contributed by atoms with Gasteiger partial charge < -0.3 is 14.7 Å². The summed E-state index contributed by atoms with van der Waals surface area (Å²) >= 11 is 0. The highest BCUT2D eigenvalue weighted by Gasteiger charge is 2.15. The highest BCUT2D eigenvalue weighted by Crippen LogP contribution is 2.22. The highest BCUT2D eigenvalue weighted by atomic mass is 16.5. The molecule has 0 radical (unpaired) electrons. The predicted molar refractivity (Wildman–Crippen MR) is 75.9 cm³/mol. The number of aryl methyl sites for hydroxylation is 2. The molecule has 1 rings (SSSR count). The van der Waals surface area contributed by atoms with Crippen LogP contribution in [0, 0.1) is 13.8 Å². The van der Waals surface area contributed by atoms with E-state index in [0.717, 1.165) is 16.9 Å². The van der Waals surface area contributed by atoms with Gasteiger partial charge in [0, 0.05) is 6.54 Å². The predicted octanol–water partition coefficient (Wildman–Crippen LogP) is 2.01. The number of aliphatic carboxylic acids is 1. The van der Waals surface area contributed by atoms with E-state index in [0.29, 0.717) is 6.54 Å². The van der Waals surface area contributed by atoms with E-state index in [-0.39, 0.29) is 25.5 Å². The first-order valence-electron chi connectivity index (χ1n) is 6.64. The van der Waals surface area contributed by atoms with Gasteiger partial charge in [0.05, 0.1) is 13.0 Å². The molecule has 0 aliphatic rings. The van der Waals surface area contributed by atoms with Crippen LogP contribution in [-0.2, 0) is 9.59 Å². The average molecular weight is 279 g/mol. The van der Waals surface area contributed by atoms with Crippen LogP contribution >= 0.6 is 0 Å². The summed E-state index contributed by atoms with van der Waals surface area (Å²) in [5.74, 6) is -0.418. The van der Waals surface area contributed by atoms with Crippen molar-refractivity contribution in [3.63, 3.8) is 0 Å². The summed E-state index contributed by atoms with van der Waals surface area (Å²) in [6.07, 6.45) is 0.175. The van der Waals surface area contributed by atoms with Crippen molar-refractivity contribution in [2.45, 2.75) is 27.2 Å². The van der Waals surface area contributed by atoms with Crippen LogP contribution in [0.3, 0.4) is 0 Å². The van der Waals surface area contributed by atoms with Gasteiger partial charge in [-0.3, -0.25) is 9.59 Å². The monoisotopic (exact) mass is 279 g/mol. The van der Waals surface area contributed by atoms with Crippen molar-refractivity contribution in [3.8, 4) is 5.75 Å². The summed E-state index contributed by atoms with van der Waals surface area (Å²) < 4.78 is 5.64. The number of benzene rings is 1. The smallest absolute Gasteiger partial charge is 0.323 e. The molecule has 1 aromatic rings. The van der Waals surface area contributed by atoms with Gasteiger partial charge >= 0.3 is 5.97 Å². The minimum Gasteiger partial charge on any atom is -0.493 e. The maximum atomic E-state index is 11.9. The van der Waals surface area contributed by atoms with Gasteiger partial charge in [-0.25, -0.2) is 0 Å². The highest BCUT2D eigenvalue weighted by molar-refractivity contribution is 5.81. The number of carboxylic acids is 1. The zero-order valence-corrected chi connectivity index (χ0v) is 12.2. The molecule has 0 aliphatic carbocycles. The fraction of sp³-hybridized carbons (Fsp3) is 0.467. The average Bonchev–Trinajstić information content (AvgIpc) is 2.39. The first kappa shape index (κ1) is 16.0. The Morgan fingerprint density at radius 2 is 1.85 bits per heavy atom. The number of ether oxygens (including phenoxy) is 1. The SMILES string of the molecule is CCN(CC(=O)O)C(=O)CCOc1c(C)cccc1C. The number of hydrogen-bond donors (Lipinski definition) is 1. The molecule has 0 aromatic heterocycles. The lowest BCUT2D eigenvalue weighted by Crippen LogP contribution is -2.36. The zero-order chi connectivity index (χ0) is 15.1. The summed E-state index contributed by atoms with van der Waals surface area (Å²) in [6.45, 7) is 6.03. The minimum absolute atomic E-state index is 0.175. The van der Waals surface area contributed by atoms with Crippen LogP contribution < -0.4 is 4.74 Å². The van der Waals surface area contributed by atoms with Crippen molar-refractivity contribution in [3.05, 3.63) is 29.3 Å². The van der Waals surface area contributed by atoms with Gasteiger partial charge in [-0.15, -0.1) is 0 Å². The molecule has 110 valence electrons. The van der Waals surface area contributed by atoms with Crippen LogP contribution in [0.5, 0.6) is 5.75 Å². The maximum absolute atomic E-state index is 11.9. The van der Waals surface area contributed by atoms with E-state index in [4.69, 9.17) is 9.84 Å². The number of carbonyl (C=O) groups excluding carboxylic acids is 1. The Hall–Kier alpha value is -2.04. The third-order valence-electron chi connectivity index (χ3n) is 3.03. The Kier molecular flexibility index (Phi) is 6.03. The molecule has 0 bridgehead atoms. The zero-order valence-electron chi connectivity index (χ0n) is 12.2. The Morgan fingerprint density at radius 1 is 1.25 bits per heavy atom. The lowest BCUT2D eigenvalue weighted by atomic mass is 10.1. The molecule has 5 nitrogen and oxygen atoms in total. The molecule has 0 fully saturated rings. The van der Waals surface area contributed by atoms with Gasteiger partial charge in [0.2, 0.25) is 5.91 Å². The number of carbonyl (C=O) groups is 2. The first-order valence-corrected chi connectivity index (χ1v) is 6.64. The molecule has 0 spiro atoms. The van der Waals surface area contributed by atoms with Crippen molar-refractivity contribution in [1.82, 2.24) is 4.90 Å². The lowest BCUT2D eigenvalue weighted by molar-refractivity contribution is -0.144. The van der Waals surface area contributed by atoms with Crippen LogP contribution in [-0.4, -0.2) is 41.6 Å². The van der Waals surface area contributed by atoms with Crippen LogP contribution in [0.2, 0.25) is 0 Å². The fourth-order valence-corrected chi connectivity index (χ4v) is 1.96. The number of rotatable bonds is 7. The van der Waals surface area contributed by atoms with Crippen molar-refractivity contribution >= 4 is 11.9 Å². The topological polar surface area (TPSA) is 66.8 Å². The van der Waals surface area contributed by atoms with Gasteiger partial charge in [0.15, 0.2) is 0 Å². The van der Waals surface area contributed by atoms with Gasteiger partial charge in [0.25, 0.3) is 0 Å². The Balaban J connectivity index is 2.51. The summed E-state index contributed by atoms with van der Waals surface area (Å²) in [7, 11) is 0. The molecule has 0 saturated carbocycles. The van der Waals surface area contributed by atoms with Crippen LogP contribution in [0.4, 0.5) is 0 Å². The van der Waals surface area contributed by atoms with Crippen LogP contribution in [0.1, 0.15) is 24.5 Å². The molecular formula is C15H21NO4. The maximum Gasteiger partial charge on any atom is 0.323 e. The Bertz CT molecular complexity index is 465. The summed E-state index contributed by atoms with van der Waals surface area (Å²) in [5.41, 5.74) is 2.05. The molecule has 0 unspecified atom stereocenters. The van der Waals surface area contributed by atoms with Gasteiger partial charge in [0.1, 0.15) is 12.3 Å². The molecule has 1 aromatic carbocycles. The first-order chi connectivity index (χ1) is 9.45. The van der Waals surface area contributed by atoms with E-state index < -0.39 is 5.97 Å². The standard InChI is InChI=1S/C15H21NO4/c1-4-16(10-14(18)19)13(17)8-9-20-15-11(2)6-5-7-12(15)3/h5-7H,4,8-10H2,1-3H3,(H,18,19). The number of hydrogen-bond acceptors (Lipinski definition) is 3. The second-order valence-electron chi connectivity index (χ2n) is 4.62. The minimum atomic E-state index is -1.00.